The number of H-pyrrole nitrogens is 1. The first-order valence-corrected chi connectivity index (χ1v) is 6.65. The van der Waals surface area contributed by atoms with E-state index in [1.807, 2.05) is 30.2 Å². The maximum atomic E-state index is 13.0. The van der Waals surface area contributed by atoms with Crippen LogP contribution >= 0.6 is 12.2 Å². The van der Waals surface area contributed by atoms with Crippen LogP contribution in [0, 0.1) is 10.6 Å². The topological polar surface area (TPSA) is 36.9 Å². The van der Waals surface area contributed by atoms with Gasteiger partial charge in [-0.2, -0.15) is 0 Å². The molecule has 0 fully saturated rings. The lowest BCUT2D eigenvalue weighted by Crippen LogP contribution is -2.21. The molecule has 0 amide bonds. The highest BCUT2D eigenvalue weighted by molar-refractivity contribution is 7.71. The van der Waals surface area contributed by atoms with Crippen LogP contribution in [0.5, 0.6) is 0 Å². The number of aromatic amines is 1. The molecule has 6 heteroatoms. The largest absolute Gasteiger partial charge is 0.311 e. The van der Waals surface area contributed by atoms with E-state index in [4.69, 9.17) is 12.2 Å². The molecule has 0 unspecified atom stereocenters. The van der Waals surface area contributed by atoms with E-state index in [2.05, 4.69) is 10.2 Å². The van der Waals surface area contributed by atoms with Gasteiger partial charge >= 0.3 is 0 Å². The van der Waals surface area contributed by atoms with Gasteiger partial charge in [0.25, 0.3) is 0 Å². The van der Waals surface area contributed by atoms with Crippen molar-refractivity contribution in [3.8, 4) is 0 Å². The minimum absolute atomic E-state index is 0.204. The van der Waals surface area contributed by atoms with E-state index in [9.17, 15) is 4.39 Å². The quantitative estimate of drug-likeness (QED) is 0.865. The fourth-order valence-corrected chi connectivity index (χ4v) is 2.35. The van der Waals surface area contributed by atoms with Crippen molar-refractivity contribution in [2.75, 3.05) is 11.4 Å². The van der Waals surface area contributed by atoms with Crippen LogP contribution in [0.1, 0.15) is 26.8 Å². The summed E-state index contributed by atoms with van der Waals surface area (Å²) in [6.45, 7) is 6.84. The highest BCUT2D eigenvalue weighted by atomic mass is 32.1. The summed E-state index contributed by atoms with van der Waals surface area (Å²) in [4.78, 5) is 1.99. The third kappa shape index (κ3) is 2.68. The van der Waals surface area contributed by atoms with Gasteiger partial charge in [0.1, 0.15) is 5.82 Å². The Kier molecular flexibility index (Phi) is 3.99. The Morgan fingerprint density at radius 2 is 2.00 bits per heavy atom. The second-order valence-corrected chi connectivity index (χ2v) is 4.90. The highest BCUT2D eigenvalue weighted by Crippen LogP contribution is 2.25. The number of nitrogens with one attached hydrogen (secondary N) is 1. The molecule has 19 heavy (non-hydrogen) atoms. The summed E-state index contributed by atoms with van der Waals surface area (Å²) in [5, 5.41) is 7.10. The molecule has 1 N–H and O–H groups in total. The van der Waals surface area contributed by atoms with E-state index in [0.717, 1.165) is 18.2 Å². The Bertz CT molecular complexity index is 600. The summed E-state index contributed by atoms with van der Waals surface area (Å²) in [5.74, 6) is 0.497. The molecule has 0 spiro atoms. The highest BCUT2D eigenvalue weighted by Gasteiger charge is 2.16. The van der Waals surface area contributed by atoms with E-state index >= 15 is 0 Å². The van der Waals surface area contributed by atoms with Gasteiger partial charge < -0.3 is 4.90 Å². The maximum absolute atomic E-state index is 13.0. The molecule has 2 rings (SSSR count). The second kappa shape index (κ2) is 5.52. The summed E-state index contributed by atoms with van der Waals surface area (Å²) in [5.41, 5.74) is 0.889. The van der Waals surface area contributed by atoms with Crippen LogP contribution in [0.3, 0.4) is 0 Å². The maximum Gasteiger partial charge on any atom is 0.230 e. The van der Waals surface area contributed by atoms with Crippen molar-refractivity contribution in [1.82, 2.24) is 14.8 Å². The lowest BCUT2D eigenvalue weighted by molar-refractivity contribution is 0.588. The van der Waals surface area contributed by atoms with E-state index in [0.29, 0.717) is 4.77 Å². The Morgan fingerprint density at radius 1 is 1.37 bits per heavy atom. The molecule has 0 aliphatic rings. The summed E-state index contributed by atoms with van der Waals surface area (Å²) in [6.07, 6.45) is 0. The van der Waals surface area contributed by atoms with Crippen LogP contribution in [0.2, 0.25) is 0 Å². The molecule has 1 aromatic heterocycles. The van der Waals surface area contributed by atoms with Crippen molar-refractivity contribution in [3.63, 3.8) is 0 Å². The van der Waals surface area contributed by atoms with E-state index in [-0.39, 0.29) is 11.9 Å². The van der Waals surface area contributed by atoms with Gasteiger partial charge in [0.05, 0.1) is 0 Å². The fourth-order valence-electron chi connectivity index (χ4n) is 2.01. The molecule has 0 aliphatic carbocycles. The summed E-state index contributed by atoms with van der Waals surface area (Å²) in [7, 11) is 0. The Hall–Kier alpha value is -1.69. The minimum Gasteiger partial charge on any atom is -0.311 e. The monoisotopic (exact) mass is 280 g/mol. The van der Waals surface area contributed by atoms with Crippen molar-refractivity contribution >= 4 is 23.9 Å². The Balaban J connectivity index is 2.48. The van der Waals surface area contributed by atoms with Gasteiger partial charge in [0.15, 0.2) is 4.77 Å². The number of benzene rings is 1. The summed E-state index contributed by atoms with van der Waals surface area (Å²) >= 11 is 5.25. The average Bonchev–Trinajstić information content (AvgIpc) is 2.75. The molecule has 0 radical (unpaired) electrons. The normalized spacial score (nSPS) is 11.0. The molecule has 0 saturated carbocycles. The predicted molar refractivity (Wildman–Crippen MR) is 76.9 cm³/mol. The molecule has 0 saturated heterocycles. The zero-order valence-corrected chi connectivity index (χ0v) is 12.0. The molecule has 1 aromatic carbocycles. The number of anilines is 2. The SMILES string of the molecule is CCN(c1ccc(F)cc1)c1n[nH]c(=S)n1C(C)C. The average molecular weight is 280 g/mol. The zero-order valence-electron chi connectivity index (χ0n) is 11.2. The molecule has 4 nitrogen and oxygen atoms in total. The Labute approximate surface area is 116 Å². The van der Waals surface area contributed by atoms with Gasteiger partial charge in [-0.1, -0.05) is 0 Å². The third-order valence-corrected chi connectivity index (χ3v) is 3.19. The molecular weight excluding hydrogens is 263 g/mol. The fraction of sp³-hybridized carbons (Fsp3) is 0.385. The predicted octanol–water partition coefficient (Wildman–Crippen LogP) is 3.82. The second-order valence-electron chi connectivity index (χ2n) is 4.51. The zero-order chi connectivity index (χ0) is 14.0. The van der Waals surface area contributed by atoms with Crippen LogP contribution in [0.4, 0.5) is 16.0 Å². The molecule has 2 aromatic rings. The van der Waals surface area contributed by atoms with E-state index in [1.165, 1.54) is 12.1 Å². The lowest BCUT2D eigenvalue weighted by Gasteiger charge is -2.23. The summed E-state index contributed by atoms with van der Waals surface area (Å²) < 4.78 is 15.5. The lowest BCUT2D eigenvalue weighted by atomic mass is 10.3. The number of halogens is 1. The van der Waals surface area contributed by atoms with Gasteiger partial charge in [-0.15, -0.1) is 5.10 Å². The van der Waals surface area contributed by atoms with Crippen LogP contribution < -0.4 is 4.90 Å². The first-order chi connectivity index (χ1) is 9.04. The van der Waals surface area contributed by atoms with E-state index < -0.39 is 0 Å². The molecule has 0 bridgehead atoms. The molecular formula is C13H17FN4S. The van der Waals surface area contributed by atoms with Crippen LogP contribution in [-0.2, 0) is 0 Å². The number of hydrogen-bond acceptors (Lipinski definition) is 3. The molecule has 0 aliphatic heterocycles. The van der Waals surface area contributed by atoms with Gasteiger partial charge in [0.2, 0.25) is 5.95 Å². The molecule has 0 atom stereocenters. The van der Waals surface area contributed by atoms with Gasteiger partial charge in [-0.25, -0.2) is 9.49 Å². The number of nitrogens with zero attached hydrogens (tertiary/aromatic N) is 3. The first-order valence-electron chi connectivity index (χ1n) is 6.24. The van der Waals surface area contributed by atoms with Crippen molar-refractivity contribution in [2.24, 2.45) is 0 Å². The van der Waals surface area contributed by atoms with Crippen molar-refractivity contribution in [2.45, 2.75) is 26.8 Å². The van der Waals surface area contributed by atoms with Gasteiger partial charge in [-0.3, -0.25) is 4.57 Å². The van der Waals surface area contributed by atoms with Gasteiger partial charge in [0, 0.05) is 18.3 Å². The minimum atomic E-state index is -0.248. The van der Waals surface area contributed by atoms with Crippen molar-refractivity contribution in [1.29, 1.82) is 0 Å². The van der Waals surface area contributed by atoms with E-state index in [1.54, 1.807) is 12.1 Å². The first kappa shape index (κ1) is 13.7. The number of aromatic nitrogens is 3. The van der Waals surface area contributed by atoms with Crippen molar-refractivity contribution in [3.05, 3.63) is 34.9 Å². The van der Waals surface area contributed by atoms with Crippen LogP contribution in [0.15, 0.2) is 24.3 Å². The van der Waals surface area contributed by atoms with Gasteiger partial charge in [-0.05, 0) is 57.3 Å². The number of rotatable bonds is 4. The molecule has 102 valence electrons. The smallest absolute Gasteiger partial charge is 0.230 e. The van der Waals surface area contributed by atoms with Crippen LogP contribution in [0.25, 0.3) is 0 Å². The van der Waals surface area contributed by atoms with Crippen molar-refractivity contribution < 1.29 is 4.39 Å². The third-order valence-electron chi connectivity index (χ3n) is 2.90. The standard InChI is InChI=1S/C13H17FN4S/c1-4-17(11-7-5-10(14)6-8-11)12-15-16-13(19)18(12)9(2)3/h5-9H,4H2,1-3H3,(H,16,19). The number of hydrogen-bond donors (Lipinski definition) is 1. The summed E-state index contributed by atoms with van der Waals surface area (Å²) in [6, 6.07) is 6.57. The van der Waals surface area contributed by atoms with Crippen LogP contribution in [-0.4, -0.2) is 21.3 Å². The Morgan fingerprint density at radius 3 is 2.53 bits per heavy atom. The molecule has 1 heterocycles.